The van der Waals surface area contributed by atoms with Crippen molar-refractivity contribution in [1.29, 1.82) is 0 Å². The topological polar surface area (TPSA) is 53.0 Å². The highest BCUT2D eigenvalue weighted by molar-refractivity contribution is 5.73. The molecule has 1 aromatic carbocycles. The van der Waals surface area contributed by atoms with Crippen LogP contribution < -0.4 is 4.74 Å². The Morgan fingerprint density at radius 2 is 2.05 bits per heavy atom. The Balaban J connectivity index is 1.73. The van der Waals surface area contributed by atoms with Crippen molar-refractivity contribution < 1.29 is 19.0 Å². The van der Waals surface area contributed by atoms with E-state index in [-0.39, 0.29) is 24.3 Å². The Kier molecular flexibility index (Phi) is 3.82. The van der Waals surface area contributed by atoms with E-state index < -0.39 is 11.9 Å². The lowest BCUT2D eigenvalue weighted by Gasteiger charge is -2.42. The molecule has 2 atom stereocenters. The molecule has 1 N–H and O–H groups in total. The number of fused-ring (bicyclic) bond motifs is 1. The van der Waals surface area contributed by atoms with E-state index >= 15 is 0 Å². The molecule has 0 aliphatic carbocycles. The smallest absolute Gasteiger partial charge is 0.219 e. The molecular weight excluding hydrogens is 275 g/mol. The third-order valence-corrected chi connectivity index (χ3v) is 4.31. The van der Waals surface area contributed by atoms with E-state index in [1.54, 1.807) is 24.0 Å². The van der Waals surface area contributed by atoms with Gasteiger partial charge in [0.25, 0.3) is 0 Å². The number of para-hydroxylation sites is 1. The van der Waals surface area contributed by atoms with E-state index in [4.69, 9.17) is 4.74 Å². The Labute approximate surface area is 122 Å². The molecule has 1 amide bonds. The summed E-state index contributed by atoms with van der Waals surface area (Å²) in [5.41, 5.74) is 0.500. The molecule has 0 saturated carbocycles. The van der Waals surface area contributed by atoms with Crippen molar-refractivity contribution in [1.82, 2.24) is 9.80 Å². The zero-order valence-electron chi connectivity index (χ0n) is 12.0. The summed E-state index contributed by atoms with van der Waals surface area (Å²) in [5.74, 6) is -0.211. The highest BCUT2D eigenvalue weighted by atomic mass is 19.1. The number of aliphatic hydroxyl groups excluding tert-OH is 1. The molecule has 6 heteroatoms. The standard InChI is InChI=1S/C15H19FN2O3/c1-10(19)17-5-7-18(8-6-17)13-9-21-15-11(14(13)20)3-2-4-12(15)16/h2-4,13-14,20H,5-9H2,1H3. The summed E-state index contributed by atoms with van der Waals surface area (Å²) in [4.78, 5) is 15.2. The zero-order valence-corrected chi connectivity index (χ0v) is 12.0. The lowest BCUT2D eigenvalue weighted by molar-refractivity contribution is -0.131. The number of carbonyl (C=O) groups is 1. The first kappa shape index (κ1) is 14.3. The van der Waals surface area contributed by atoms with Gasteiger partial charge in [-0.1, -0.05) is 12.1 Å². The van der Waals surface area contributed by atoms with Crippen LogP contribution in [0.2, 0.25) is 0 Å². The molecule has 2 unspecified atom stereocenters. The first-order chi connectivity index (χ1) is 10.1. The van der Waals surface area contributed by atoms with Crippen LogP contribution in [-0.2, 0) is 4.79 Å². The Morgan fingerprint density at radius 3 is 2.71 bits per heavy atom. The number of nitrogens with zero attached hydrogens (tertiary/aromatic N) is 2. The molecule has 0 radical (unpaired) electrons. The van der Waals surface area contributed by atoms with Gasteiger partial charge in [0.1, 0.15) is 12.7 Å². The van der Waals surface area contributed by atoms with Crippen molar-refractivity contribution in [2.24, 2.45) is 0 Å². The van der Waals surface area contributed by atoms with Crippen molar-refractivity contribution >= 4 is 5.91 Å². The number of piperazine rings is 1. The van der Waals surface area contributed by atoms with Gasteiger partial charge in [0.2, 0.25) is 5.91 Å². The molecule has 2 heterocycles. The molecule has 0 bridgehead atoms. The van der Waals surface area contributed by atoms with Gasteiger partial charge in [-0.25, -0.2) is 4.39 Å². The lowest BCUT2D eigenvalue weighted by Crippen LogP contribution is -2.55. The zero-order chi connectivity index (χ0) is 15.0. The van der Waals surface area contributed by atoms with Crippen molar-refractivity contribution in [3.05, 3.63) is 29.6 Å². The Hall–Kier alpha value is -1.66. The fraction of sp³-hybridized carbons (Fsp3) is 0.533. The minimum Gasteiger partial charge on any atom is -0.488 e. The maximum atomic E-state index is 13.7. The van der Waals surface area contributed by atoms with Crippen LogP contribution in [0.5, 0.6) is 5.75 Å². The van der Waals surface area contributed by atoms with E-state index in [0.29, 0.717) is 31.7 Å². The van der Waals surface area contributed by atoms with Gasteiger partial charge in [-0.05, 0) is 6.07 Å². The van der Waals surface area contributed by atoms with Gasteiger partial charge in [-0.15, -0.1) is 0 Å². The maximum absolute atomic E-state index is 13.7. The normalized spacial score (nSPS) is 26.1. The van der Waals surface area contributed by atoms with Crippen LogP contribution in [0, 0.1) is 5.82 Å². The van der Waals surface area contributed by atoms with Crippen molar-refractivity contribution in [2.45, 2.75) is 19.1 Å². The van der Waals surface area contributed by atoms with E-state index in [9.17, 15) is 14.3 Å². The quantitative estimate of drug-likeness (QED) is 0.832. The van der Waals surface area contributed by atoms with Crippen LogP contribution in [0.25, 0.3) is 0 Å². The van der Waals surface area contributed by atoms with E-state index in [1.807, 2.05) is 0 Å². The Bertz CT molecular complexity index is 544. The monoisotopic (exact) mass is 294 g/mol. The van der Waals surface area contributed by atoms with Crippen LogP contribution in [0.15, 0.2) is 18.2 Å². The maximum Gasteiger partial charge on any atom is 0.219 e. The highest BCUT2D eigenvalue weighted by Gasteiger charge is 2.36. The number of rotatable bonds is 1. The number of amides is 1. The summed E-state index contributed by atoms with van der Waals surface area (Å²) in [6.45, 7) is 4.50. The second-order valence-electron chi connectivity index (χ2n) is 5.52. The first-order valence-electron chi connectivity index (χ1n) is 7.17. The number of carbonyl (C=O) groups excluding carboxylic acids is 1. The van der Waals surface area contributed by atoms with Gasteiger partial charge in [-0.2, -0.15) is 0 Å². The fourth-order valence-electron chi connectivity index (χ4n) is 3.05. The van der Waals surface area contributed by atoms with Crippen LogP contribution in [0.4, 0.5) is 4.39 Å². The molecule has 5 nitrogen and oxygen atoms in total. The molecule has 0 aromatic heterocycles. The van der Waals surface area contributed by atoms with Gasteiger partial charge in [-0.3, -0.25) is 9.69 Å². The summed E-state index contributed by atoms with van der Waals surface area (Å²) in [6, 6.07) is 4.41. The predicted molar refractivity (Wildman–Crippen MR) is 74.5 cm³/mol. The lowest BCUT2D eigenvalue weighted by atomic mass is 9.97. The second-order valence-corrected chi connectivity index (χ2v) is 5.52. The average molecular weight is 294 g/mol. The van der Waals surface area contributed by atoms with Gasteiger partial charge in [0.05, 0.1) is 6.04 Å². The van der Waals surface area contributed by atoms with Crippen LogP contribution in [0.3, 0.4) is 0 Å². The first-order valence-corrected chi connectivity index (χ1v) is 7.17. The highest BCUT2D eigenvalue weighted by Crippen LogP contribution is 2.36. The largest absolute Gasteiger partial charge is 0.488 e. The molecule has 1 fully saturated rings. The molecule has 3 rings (SSSR count). The van der Waals surface area contributed by atoms with Crippen molar-refractivity contribution in [3.63, 3.8) is 0 Å². The summed E-state index contributed by atoms with van der Waals surface area (Å²) in [7, 11) is 0. The number of ether oxygens (including phenoxy) is 1. The molecule has 2 aliphatic rings. The van der Waals surface area contributed by atoms with Gasteiger partial charge >= 0.3 is 0 Å². The summed E-state index contributed by atoms with van der Waals surface area (Å²) in [6.07, 6.45) is -0.770. The van der Waals surface area contributed by atoms with Gasteiger partial charge in [0, 0.05) is 38.7 Å². The predicted octanol–water partition coefficient (Wildman–Crippen LogP) is 0.784. The van der Waals surface area contributed by atoms with Crippen LogP contribution in [-0.4, -0.2) is 59.6 Å². The van der Waals surface area contributed by atoms with Gasteiger partial charge in [0.15, 0.2) is 11.6 Å². The summed E-state index contributed by atoms with van der Waals surface area (Å²) < 4.78 is 19.2. The molecule has 1 saturated heterocycles. The third-order valence-electron chi connectivity index (χ3n) is 4.31. The molecule has 0 spiro atoms. The fourth-order valence-corrected chi connectivity index (χ4v) is 3.05. The SMILES string of the molecule is CC(=O)N1CCN(C2COc3c(F)cccc3C2O)CC1. The molecular formula is C15H19FN2O3. The van der Waals surface area contributed by atoms with E-state index in [1.165, 1.54) is 6.07 Å². The minimum absolute atomic E-state index is 0.0718. The van der Waals surface area contributed by atoms with E-state index in [2.05, 4.69) is 4.90 Å². The number of hydrogen-bond acceptors (Lipinski definition) is 4. The van der Waals surface area contributed by atoms with Gasteiger partial charge < -0.3 is 14.7 Å². The number of benzene rings is 1. The Morgan fingerprint density at radius 1 is 1.33 bits per heavy atom. The van der Waals surface area contributed by atoms with Crippen molar-refractivity contribution in [3.8, 4) is 5.75 Å². The minimum atomic E-state index is -0.770. The average Bonchev–Trinajstić information content (AvgIpc) is 2.49. The van der Waals surface area contributed by atoms with Crippen molar-refractivity contribution in [2.75, 3.05) is 32.8 Å². The number of aliphatic hydroxyl groups is 1. The summed E-state index contributed by atoms with van der Waals surface area (Å²) >= 11 is 0. The molecule has 114 valence electrons. The third kappa shape index (κ3) is 2.61. The molecule has 1 aromatic rings. The molecule has 2 aliphatic heterocycles. The van der Waals surface area contributed by atoms with E-state index in [0.717, 1.165) is 0 Å². The van der Waals surface area contributed by atoms with Crippen LogP contribution in [0.1, 0.15) is 18.6 Å². The molecule has 21 heavy (non-hydrogen) atoms. The number of halogens is 1. The summed E-state index contributed by atoms with van der Waals surface area (Å²) in [5, 5.41) is 10.5. The number of hydrogen-bond donors (Lipinski definition) is 1. The van der Waals surface area contributed by atoms with Crippen LogP contribution >= 0.6 is 0 Å². The second kappa shape index (κ2) is 5.61.